The number of carbonyl (C=O) groups is 2. The van der Waals surface area contributed by atoms with Crippen molar-refractivity contribution in [1.82, 2.24) is 10.6 Å². The Balaban J connectivity index is 2.12. The first kappa shape index (κ1) is 14.6. The standard InChI is InChI=1S/C13H17ClN4O2/c1-18(2)12-8(14)4-3-5-9(12)17-13(20)10-6-16-11(19)7-15-10/h3-5,10,15H,6-7H2,1-2H3,(H,16,19)(H,17,20). The number of para-hydroxylation sites is 1. The SMILES string of the molecule is CN(C)c1c(Cl)cccc1NC(=O)C1CNC(=O)CN1. The van der Waals surface area contributed by atoms with Crippen LogP contribution >= 0.6 is 11.6 Å². The summed E-state index contributed by atoms with van der Waals surface area (Å²) in [7, 11) is 3.71. The Kier molecular flexibility index (Phi) is 4.46. The smallest absolute Gasteiger partial charge is 0.243 e. The lowest BCUT2D eigenvalue weighted by Gasteiger charge is -2.25. The maximum Gasteiger partial charge on any atom is 0.243 e. The number of piperazine rings is 1. The van der Waals surface area contributed by atoms with Gasteiger partial charge in [0.15, 0.2) is 0 Å². The maximum atomic E-state index is 12.2. The fraction of sp³-hybridized carbons (Fsp3) is 0.385. The molecule has 20 heavy (non-hydrogen) atoms. The Morgan fingerprint density at radius 3 is 2.80 bits per heavy atom. The van der Waals surface area contributed by atoms with Crippen LogP contribution in [-0.4, -0.2) is 45.0 Å². The number of nitrogens with one attached hydrogen (secondary N) is 3. The van der Waals surface area contributed by atoms with E-state index in [1.54, 1.807) is 18.2 Å². The van der Waals surface area contributed by atoms with Gasteiger partial charge in [-0.3, -0.25) is 14.9 Å². The Labute approximate surface area is 122 Å². The third kappa shape index (κ3) is 3.20. The van der Waals surface area contributed by atoms with Gasteiger partial charge in [0, 0.05) is 20.6 Å². The average molecular weight is 297 g/mol. The van der Waals surface area contributed by atoms with Crippen molar-refractivity contribution < 1.29 is 9.59 Å². The molecule has 0 saturated carbocycles. The summed E-state index contributed by atoms with van der Waals surface area (Å²) in [6, 6.07) is 4.90. The molecule has 1 heterocycles. The van der Waals surface area contributed by atoms with Crippen molar-refractivity contribution in [3.8, 4) is 0 Å². The van der Waals surface area contributed by atoms with Crippen LogP contribution in [0.2, 0.25) is 5.02 Å². The zero-order valence-electron chi connectivity index (χ0n) is 11.4. The lowest BCUT2D eigenvalue weighted by atomic mass is 10.2. The molecule has 0 radical (unpaired) electrons. The summed E-state index contributed by atoms with van der Waals surface area (Å²) in [6.45, 7) is 0.427. The number of anilines is 2. The Morgan fingerprint density at radius 2 is 2.20 bits per heavy atom. The van der Waals surface area contributed by atoms with Gasteiger partial charge in [0.25, 0.3) is 0 Å². The molecule has 2 amide bonds. The molecule has 0 bridgehead atoms. The van der Waals surface area contributed by atoms with E-state index in [1.807, 2.05) is 19.0 Å². The molecule has 1 aliphatic heterocycles. The van der Waals surface area contributed by atoms with Gasteiger partial charge in [-0.05, 0) is 12.1 Å². The van der Waals surface area contributed by atoms with Crippen molar-refractivity contribution in [3.05, 3.63) is 23.2 Å². The number of nitrogens with zero attached hydrogens (tertiary/aromatic N) is 1. The molecule has 6 nitrogen and oxygen atoms in total. The number of hydrogen-bond acceptors (Lipinski definition) is 4. The van der Waals surface area contributed by atoms with E-state index in [4.69, 9.17) is 11.6 Å². The lowest BCUT2D eigenvalue weighted by molar-refractivity contribution is -0.124. The summed E-state index contributed by atoms with van der Waals surface area (Å²) in [5, 5.41) is 8.94. The number of halogens is 1. The molecule has 1 aromatic rings. The summed E-state index contributed by atoms with van der Waals surface area (Å²) in [6.07, 6.45) is 0. The van der Waals surface area contributed by atoms with Crippen LogP contribution in [0.3, 0.4) is 0 Å². The van der Waals surface area contributed by atoms with Gasteiger partial charge in [-0.2, -0.15) is 0 Å². The molecule has 1 atom stereocenters. The van der Waals surface area contributed by atoms with Crippen molar-refractivity contribution in [2.75, 3.05) is 37.4 Å². The van der Waals surface area contributed by atoms with E-state index in [0.29, 0.717) is 10.7 Å². The van der Waals surface area contributed by atoms with Gasteiger partial charge < -0.3 is 15.5 Å². The van der Waals surface area contributed by atoms with Crippen LogP contribution in [0.25, 0.3) is 0 Å². The number of benzene rings is 1. The van der Waals surface area contributed by atoms with E-state index in [2.05, 4.69) is 16.0 Å². The zero-order valence-corrected chi connectivity index (χ0v) is 12.1. The molecule has 0 spiro atoms. The molecule has 1 saturated heterocycles. The largest absolute Gasteiger partial charge is 0.375 e. The summed E-state index contributed by atoms with van der Waals surface area (Å²) < 4.78 is 0. The number of carbonyl (C=O) groups excluding carboxylic acids is 2. The van der Waals surface area contributed by atoms with Gasteiger partial charge in [0.1, 0.15) is 6.04 Å². The fourth-order valence-electron chi connectivity index (χ4n) is 2.04. The van der Waals surface area contributed by atoms with Crippen LogP contribution in [0.1, 0.15) is 0 Å². The van der Waals surface area contributed by atoms with Crippen LogP contribution < -0.4 is 20.9 Å². The summed E-state index contributed by atoms with van der Waals surface area (Å²) in [4.78, 5) is 25.1. The van der Waals surface area contributed by atoms with Crippen LogP contribution in [0.15, 0.2) is 18.2 Å². The molecular weight excluding hydrogens is 280 g/mol. The van der Waals surface area contributed by atoms with Gasteiger partial charge in [-0.15, -0.1) is 0 Å². The summed E-state index contributed by atoms with van der Waals surface area (Å²) in [5.41, 5.74) is 1.40. The number of rotatable bonds is 3. The van der Waals surface area contributed by atoms with Gasteiger partial charge in [-0.25, -0.2) is 0 Å². The second kappa shape index (κ2) is 6.11. The molecule has 1 fully saturated rings. The molecular formula is C13H17ClN4O2. The predicted molar refractivity (Wildman–Crippen MR) is 79.2 cm³/mol. The number of hydrogen-bond donors (Lipinski definition) is 3. The van der Waals surface area contributed by atoms with Gasteiger partial charge in [0.2, 0.25) is 11.8 Å². The molecule has 7 heteroatoms. The summed E-state index contributed by atoms with van der Waals surface area (Å²) >= 11 is 6.15. The van der Waals surface area contributed by atoms with Gasteiger partial charge >= 0.3 is 0 Å². The Morgan fingerprint density at radius 1 is 1.45 bits per heavy atom. The van der Waals surface area contributed by atoms with Gasteiger partial charge in [-0.1, -0.05) is 17.7 Å². The molecule has 3 N–H and O–H groups in total. The minimum absolute atomic E-state index is 0.106. The van der Waals surface area contributed by atoms with E-state index in [9.17, 15) is 9.59 Å². The molecule has 108 valence electrons. The molecule has 1 aromatic carbocycles. The maximum absolute atomic E-state index is 12.2. The molecule has 1 unspecified atom stereocenters. The highest BCUT2D eigenvalue weighted by atomic mass is 35.5. The van der Waals surface area contributed by atoms with E-state index < -0.39 is 6.04 Å². The van der Waals surface area contributed by atoms with Crippen LogP contribution in [0.4, 0.5) is 11.4 Å². The zero-order chi connectivity index (χ0) is 14.7. The van der Waals surface area contributed by atoms with Crippen molar-refractivity contribution in [3.63, 3.8) is 0 Å². The third-order valence-electron chi connectivity index (χ3n) is 3.02. The molecule has 1 aliphatic rings. The topological polar surface area (TPSA) is 73.5 Å². The molecule has 2 rings (SSSR count). The molecule has 0 aromatic heterocycles. The van der Waals surface area contributed by atoms with Crippen molar-refractivity contribution in [1.29, 1.82) is 0 Å². The monoisotopic (exact) mass is 296 g/mol. The predicted octanol–water partition coefficient (Wildman–Crippen LogP) is 0.432. The van der Waals surface area contributed by atoms with Gasteiger partial charge in [0.05, 0.1) is 22.9 Å². The first-order valence-electron chi connectivity index (χ1n) is 6.26. The first-order chi connectivity index (χ1) is 9.49. The van der Waals surface area contributed by atoms with Crippen molar-refractivity contribution in [2.24, 2.45) is 0 Å². The van der Waals surface area contributed by atoms with E-state index in [-0.39, 0.29) is 24.9 Å². The Bertz CT molecular complexity index is 523. The van der Waals surface area contributed by atoms with Crippen LogP contribution in [-0.2, 0) is 9.59 Å². The van der Waals surface area contributed by atoms with E-state index in [1.165, 1.54) is 0 Å². The summed E-state index contributed by atoms with van der Waals surface area (Å²) in [5.74, 6) is -0.304. The normalized spacial score (nSPS) is 18.4. The number of amides is 2. The van der Waals surface area contributed by atoms with Crippen molar-refractivity contribution in [2.45, 2.75) is 6.04 Å². The Hall–Kier alpha value is -1.79. The second-order valence-electron chi connectivity index (χ2n) is 4.76. The lowest BCUT2D eigenvalue weighted by Crippen LogP contribution is -2.56. The average Bonchev–Trinajstić information content (AvgIpc) is 2.39. The fourth-order valence-corrected chi connectivity index (χ4v) is 2.39. The van der Waals surface area contributed by atoms with E-state index >= 15 is 0 Å². The third-order valence-corrected chi connectivity index (χ3v) is 3.33. The highest BCUT2D eigenvalue weighted by Crippen LogP contribution is 2.32. The second-order valence-corrected chi connectivity index (χ2v) is 5.16. The van der Waals surface area contributed by atoms with Crippen LogP contribution in [0, 0.1) is 0 Å². The van der Waals surface area contributed by atoms with Crippen LogP contribution in [0.5, 0.6) is 0 Å². The highest BCUT2D eigenvalue weighted by Gasteiger charge is 2.24. The van der Waals surface area contributed by atoms with Crippen molar-refractivity contribution >= 4 is 34.8 Å². The molecule has 0 aliphatic carbocycles. The minimum atomic E-state index is -0.443. The first-order valence-corrected chi connectivity index (χ1v) is 6.63. The quantitative estimate of drug-likeness (QED) is 0.756. The van der Waals surface area contributed by atoms with E-state index in [0.717, 1.165) is 5.69 Å². The minimum Gasteiger partial charge on any atom is -0.375 e. The highest BCUT2D eigenvalue weighted by molar-refractivity contribution is 6.34.